The van der Waals surface area contributed by atoms with E-state index in [-0.39, 0.29) is 0 Å². The summed E-state index contributed by atoms with van der Waals surface area (Å²) in [5.41, 5.74) is 9.26. The van der Waals surface area contributed by atoms with E-state index in [0.717, 1.165) is 12.1 Å². The highest BCUT2D eigenvalue weighted by molar-refractivity contribution is 5.57. The summed E-state index contributed by atoms with van der Waals surface area (Å²) < 4.78 is 0. The third kappa shape index (κ3) is 4.11. The molecule has 0 atom stereocenters. The molecule has 1 aromatic carbocycles. The minimum atomic E-state index is 0.855. The van der Waals surface area contributed by atoms with Gasteiger partial charge >= 0.3 is 0 Å². The summed E-state index contributed by atoms with van der Waals surface area (Å²) >= 11 is 0. The predicted octanol–water partition coefficient (Wildman–Crippen LogP) is 1.49. The summed E-state index contributed by atoms with van der Waals surface area (Å²) in [6, 6.07) is 6.12. The molecule has 1 heterocycles. The Balaban J connectivity index is 1.80. The van der Waals surface area contributed by atoms with Crippen molar-refractivity contribution in [3.63, 3.8) is 0 Å². The zero-order valence-electron chi connectivity index (χ0n) is 12.2. The van der Waals surface area contributed by atoms with Gasteiger partial charge in [-0.15, -0.1) is 0 Å². The van der Waals surface area contributed by atoms with Crippen LogP contribution >= 0.6 is 0 Å². The molecule has 19 heavy (non-hydrogen) atoms. The summed E-state index contributed by atoms with van der Waals surface area (Å²) in [6.07, 6.45) is 2.29. The normalized spacial score (nSPS) is 17.6. The quantitative estimate of drug-likeness (QED) is 0.789. The number of nitrogens with two attached hydrogens (primary N) is 1. The van der Waals surface area contributed by atoms with E-state index in [1.165, 1.54) is 50.4 Å². The summed E-state index contributed by atoms with van der Waals surface area (Å²) in [6.45, 7) is 5.98. The first-order chi connectivity index (χ1) is 9.19. The van der Waals surface area contributed by atoms with E-state index in [2.05, 4.69) is 34.3 Å². The lowest BCUT2D eigenvalue weighted by molar-refractivity contribution is 0.153. The molecule has 0 aliphatic carbocycles. The molecule has 0 aromatic heterocycles. The van der Waals surface area contributed by atoms with Crippen molar-refractivity contribution in [1.29, 1.82) is 0 Å². The molecule has 1 aromatic rings. The van der Waals surface area contributed by atoms with Gasteiger partial charge in [-0.25, -0.2) is 0 Å². The van der Waals surface area contributed by atoms with Gasteiger partial charge in [0, 0.05) is 44.6 Å². The lowest BCUT2D eigenvalue weighted by Crippen LogP contribution is -2.44. The topological polar surface area (TPSA) is 44.5 Å². The second kappa shape index (κ2) is 6.78. The van der Waals surface area contributed by atoms with Gasteiger partial charge in [-0.2, -0.15) is 0 Å². The number of anilines is 2. The molecule has 0 bridgehead atoms. The fraction of sp³-hybridized carbons (Fsp3) is 0.600. The lowest BCUT2D eigenvalue weighted by Gasteiger charge is -2.32. The number of nitrogens with zero attached hydrogens (tertiary/aromatic N) is 2. The van der Waals surface area contributed by atoms with Gasteiger partial charge in [-0.3, -0.25) is 0 Å². The molecule has 2 rings (SSSR count). The third-order valence-corrected chi connectivity index (χ3v) is 3.91. The standard InChI is InChI=1S/C15H26N4/c1-17-15-6-5-14(16)12-13(15)4-3-7-19-10-8-18(2)9-11-19/h5-6,12,17H,3-4,7-11,16H2,1-2H3. The first kappa shape index (κ1) is 14.2. The van der Waals surface area contributed by atoms with Crippen molar-refractivity contribution in [2.45, 2.75) is 12.8 Å². The number of benzene rings is 1. The molecule has 1 aliphatic rings. The fourth-order valence-corrected chi connectivity index (χ4v) is 2.63. The van der Waals surface area contributed by atoms with Crippen molar-refractivity contribution in [3.8, 4) is 0 Å². The van der Waals surface area contributed by atoms with Crippen molar-refractivity contribution in [2.24, 2.45) is 0 Å². The second-order valence-corrected chi connectivity index (χ2v) is 5.42. The molecule has 1 saturated heterocycles. The van der Waals surface area contributed by atoms with Gasteiger partial charge in [-0.05, 0) is 50.2 Å². The molecule has 3 N–H and O–H groups in total. The van der Waals surface area contributed by atoms with Gasteiger partial charge in [0.25, 0.3) is 0 Å². The molecule has 0 spiro atoms. The average molecular weight is 262 g/mol. The zero-order chi connectivity index (χ0) is 13.7. The van der Waals surface area contributed by atoms with Crippen LogP contribution in [0.25, 0.3) is 0 Å². The molecule has 0 amide bonds. The number of piperazine rings is 1. The van der Waals surface area contributed by atoms with Crippen LogP contribution in [0.2, 0.25) is 0 Å². The van der Waals surface area contributed by atoms with E-state index < -0.39 is 0 Å². The fourth-order valence-electron chi connectivity index (χ4n) is 2.63. The average Bonchev–Trinajstić information content (AvgIpc) is 2.41. The Morgan fingerprint density at radius 3 is 2.63 bits per heavy atom. The van der Waals surface area contributed by atoms with Crippen LogP contribution in [0.5, 0.6) is 0 Å². The molecule has 0 unspecified atom stereocenters. The van der Waals surface area contributed by atoms with Crippen LogP contribution in [-0.4, -0.2) is 56.6 Å². The van der Waals surface area contributed by atoms with Crippen molar-refractivity contribution in [3.05, 3.63) is 23.8 Å². The highest BCUT2D eigenvalue weighted by atomic mass is 15.2. The Labute approximate surface area is 116 Å². The first-order valence-electron chi connectivity index (χ1n) is 7.16. The third-order valence-electron chi connectivity index (χ3n) is 3.91. The number of rotatable bonds is 5. The summed E-state index contributed by atoms with van der Waals surface area (Å²) in [5, 5.41) is 3.24. The van der Waals surface area contributed by atoms with Crippen molar-refractivity contribution < 1.29 is 0 Å². The number of hydrogen-bond acceptors (Lipinski definition) is 4. The van der Waals surface area contributed by atoms with Gasteiger partial charge in [0.05, 0.1) is 0 Å². The SMILES string of the molecule is CNc1ccc(N)cc1CCCN1CCN(C)CC1. The molecule has 0 radical (unpaired) electrons. The maximum absolute atomic E-state index is 5.87. The van der Waals surface area contributed by atoms with Crippen LogP contribution in [0.1, 0.15) is 12.0 Å². The Hall–Kier alpha value is -1.26. The molecule has 4 heteroatoms. The summed E-state index contributed by atoms with van der Waals surface area (Å²) in [4.78, 5) is 4.96. The molecule has 1 fully saturated rings. The largest absolute Gasteiger partial charge is 0.399 e. The van der Waals surface area contributed by atoms with Gasteiger partial charge in [0.2, 0.25) is 0 Å². The minimum absolute atomic E-state index is 0.855. The zero-order valence-corrected chi connectivity index (χ0v) is 12.2. The second-order valence-electron chi connectivity index (χ2n) is 5.42. The van der Waals surface area contributed by atoms with Gasteiger partial charge in [0.15, 0.2) is 0 Å². The van der Waals surface area contributed by atoms with Crippen molar-refractivity contribution >= 4 is 11.4 Å². The van der Waals surface area contributed by atoms with Gasteiger partial charge in [-0.1, -0.05) is 0 Å². The summed E-state index contributed by atoms with van der Waals surface area (Å²) in [7, 11) is 4.17. The molecular weight excluding hydrogens is 236 g/mol. The van der Waals surface area contributed by atoms with Crippen LogP contribution < -0.4 is 11.1 Å². The van der Waals surface area contributed by atoms with Crippen LogP contribution in [0, 0.1) is 0 Å². The van der Waals surface area contributed by atoms with Crippen molar-refractivity contribution in [1.82, 2.24) is 9.80 Å². The Morgan fingerprint density at radius 1 is 1.21 bits per heavy atom. The predicted molar refractivity (Wildman–Crippen MR) is 82.7 cm³/mol. The van der Waals surface area contributed by atoms with E-state index in [1.54, 1.807) is 0 Å². The summed E-state index contributed by atoms with van der Waals surface area (Å²) in [5.74, 6) is 0. The first-order valence-corrected chi connectivity index (χ1v) is 7.16. The monoisotopic (exact) mass is 262 g/mol. The van der Waals surface area contributed by atoms with Crippen LogP contribution in [0.3, 0.4) is 0 Å². The number of nitrogen functional groups attached to an aromatic ring is 1. The molecular formula is C15H26N4. The maximum atomic E-state index is 5.87. The van der Waals surface area contributed by atoms with Gasteiger partial charge < -0.3 is 20.9 Å². The number of hydrogen-bond donors (Lipinski definition) is 2. The van der Waals surface area contributed by atoms with E-state index >= 15 is 0 Å². The minimum Gasteiger partial charge on any atom is -0.399 e. The van der Waals surface area contributed by atoms with Crippen molar-refractivity contribution in [2.75, 3.05) is 57.9 Å². The lowest BCUT2D eigenvalue weighted by atomic mass is 10.1. The molecule has 0 saturated carbocycles. The molecule has 4 nitrogen and oxygen atoms in total. The van der Waals surface area contributed by atoms with Crippen LogP contribution in [0.4, 0.5) is 11.4 Å². The highest BCUT2D eigenvalue weighted by Gasteiger charge is 2.13. The van der Waals surface area contributed by atoms with Crippen LogP contribution in [-0.2, 0) is 6.42 Å². The Morgan fingerprint density at radius 2 is 1.95 bits per heavy atom. The van der Waals surface area contributed by atoms with Crippen LogP contribution in [0.15, 0.2) is 18.2 Å². The highest BCUT2D eigenvalue weighted by Crippen LogP contribution is 2.20. The Bertz CT molecular complexity index is 397. The maximum Gasteiger partial charge on any atom is 0.0371 e. The Kier molecular flexibility index (Phi) is 5.05. The van der Waals surface area contributed by atoms with E-state index in [0.29, 0.717) is 0 Å². The molecule has 1 aliphatic heterocycles. The number of nitrogens with one attached hydrogen (secondary N) is 1. The number of aryl methyl sites for hydroxylation is 1. The molecule has 106 valence electrons. The van der Waals surface area contributed by atoms with E-state index in [4.69, 9.17) is 5.73 Å². The van der Waals surface area contributed by atoms with E-state index in [9.17, 15) is 0 Å². The smallest absolute Gasteiger partial charge is 0.0371 e. The van der Waals surface area contributed by atoms with E-state index in [1.807, 2.05) is 13.1 Å². The van der Waals surface area contributed by atoms with Gasteiger partial charge in [0.1, 0.15) is 0 Å². The number of likely N-dealkylation sites (N-methyl/N-ethyl adjacent to an activating group) is 1.